The number of aliphatic hydroxyl groups is 1. The molecule has 0 radical (unpaired) electrons. The number of hydrogen-bond donors (Lipinski definition) is 1. The molecule has 0 spiro atoms. The van der Waals surface area contributed by atoms with Crippen LogP contribution in [0.4, 0.5) is 0 Å². The Morgan fingerprint density at radius 3 is 2.65 bits per heavy atom. The summed E-state index contributed by atoms with van der Waals surface area (Å²) in [6.45, 7) is 2.06. The first-order chi connectivity index (χ1) is 9.72. The van der Waals surface area contributed by atoms with E-state index >= 15 is 0 Å². The molecule has 20 heavy (non-hydrogen) atoms. The zero-order valence-electron chi connectivity index (χ0n) is 11.5. The second-order valence-corrected chi connectivity index (χ2v) is 5.16. The average molecular weight is 263 g/mol. The monoisotopic (exact) mass is 263 g/mol. The lowest BCUT2D eigenvalue weighted by Crippen LogP contribution is -2.02. The molecule has 1 N–H and O–H groups in total. The van der Waals surface area contributed by atoms with E-state index in [2.05, 4.69) is 36.2 Å². The molecule has 1 atom stereocenters. The van der Waals surface area contributed by atoms with Gasteiger partial charge in [0.15, 0.2) is 0 Å². The Kier molecular flexibility index (Phi) is 3.48. The number of aromatic nitrogens is 1. The highest BCUT2D eigenvalue weighted by Crippen LogP contribution is 2.22. The summed E-state index contributed by atoms with van der Waals surface area (Å²) in [5.41, 5.74) is 4.21. The summed E-state index contributed by atoms with van der Waals surface area (Å²) in [4.78, 5) is 4.33. The Balaban J connectivity index is 1.84. The molecule has 0 saturated heterocycles. The van der Waals surface area contributed by atoms with Crippen molar-refractivity contribution < 1.29 is 5.11 Å². The molecule has 0 bridgehead atoms. The van der Waals surface area contributed by atoms with Crippen LogP contribution in [0.3, 0.4) is 0 Å². The summed E-state index contributed by atoms with van der Waals surface area (Å²) in [6, 6.07) is 18.2. The van der Waals surface area contributed by atoms with E-state index in [0.717, 1.165) is 22.0 Å². The molecule has 1 heterocycles. The van der Waals surface area contributed by atoms with E-state index < -0.39 is 6.10 Å². The lowest BCUT2D eigenvalue weighted by Gasteiger charge is -2.12. The van der Waals surface area contributed by atoms with Gasteiger partial charge < -0.3 is 5.11 Å². The van der Waals surface area contributed by atoms with Crippen molar-refractivity contribution in [2.45, 2.75) is 19.4 Å². The molecule has 0 amide bonds. The number of fused-ring (bicyclic) bond motifs is 1. The molecule has 0 aliphatic carbocycles. The summed E-state index contributed by atoms with van der Waals surface area (Å²) in [7, 11) is 0. The van der Waals surface area contributed by atoms with E-state index in [1.54, 1.807) is 6.20 Å². The van der Waals surface area contributed by atoms with Crippen LogP contribution in [0.15, 0.2) is 60.8 Å². The van der Waals surface area contributed by atoms with Crippen molar-refractivity contribution in [2.24, 2.45) is 0 Å². The number of aryl methyl sites for hydroxylation is 1. The maximum absolute atomic E-state index is 10.4. The highest BCUT2D eigenvalue weighted by atomic mass is 16.3. The zero-order chi connectivity index (χ0) is 13.9. The van der Waals surface area contributed by atoms with Gasteiger partial charge in [0.1, 0.15) is 0 Å². The SMILES string of the molecule is Cc1ccc(CC(O)c2ccc3cccnc3c2)cc1. The molecule has 2 heteroatoms. The van der Waals surface area contributed by atoms with Crippen molar-refractivity contribution in [3.8, 4) is 0 Å². The third-order valence-electron chi connectivity index (χ3n) is 3.56. The zero-order valence-corrected chi connectivity index (χ0v) is 11.5. The van der Waals surface area contributed by atoms with Crippen molar-refractivity contribution in [2.75, 3.05) is 0 Å². The minimum Gasteiger partial charge on any atom is -0.388 e. The van der Waals surface area contributed by atoms with Gasteiger partial charge >= 0.3 is 0 Å². The molecule has 2 aromatic carbocycles. The van der Waals surface area contributed by atoms with E-state index in [4.69, 9.17) is 0 Å². The fraction of sp³-hybridized carbons (Fsp3) is 0.167. The maximum Gasteiger partial charge on any atom is 0.0831 e. The molecule has 0 saturated carbocycles. The van der Waals surface area contributed by atoms with Crippen LogP contribution in [0.1, 0.15) is 22.8 Å². The molecule has 1 aromatic heterocycles. The number of pyridine rings is 1. The minimum absolute atomic E-state index is 0.496. The fourth-order valence-electron chi connectivity index (χ4n) is 2.36. The van der Waals surface area contributed by atoms with Crippen LogP contribution in [-0.2, 0) is 6.42 Å². The van der Waals surface area contributed by atoms with Crippen molar-refractivity contribution in [3.63, 3.8) is 0 Å². The Hall–Kier alpha value is -2.19. The molecule has 3 rings (SSSR count). The Bertz CT molecular complexity index is 719. The van der Waals surface area contributed by atoms with Gasteiger partial charge in [-0.1, -0.05) is 48.0 Å². The number of aliphatic hydroxyl groups excluding tert-OH is 1. The van der Waals surface area contributed by atoms with E-state index in [-0.39, 0.29) is 0 Å². The number of rotatable bonds is 3. The predicted molar refractivity (Wildman–Crippen MR) is 81.6 cm³/mol. The van der Waals surface area contributed by atoms with E-state index in [1.165, 1.54) is 5.56 Å². The Labute approximate surface area is 118 Å². The summed E-state index contributed by atoms with van der Waals surface area (Å²) < 4.78 is 0. The van der Waals surface area contributed by atoms with E-state index in [1.807, 2.05) is 30.3 Å². The third kappa shape index (κ3) is 2.70. The van der Waals surface area contributed by atoms with Crippen LogP contribution in [0.2, 0.25) is 0 Å². The van der Waals surface area contributed by atoms with Gasteiger partial charge in [-0.05, 0) is 30.2 Å². The Morgan fingerprint density at radius 1 is 1.05 bits per heavy atom. The molecular formula is C18H17NO. The number of hydrogen-bond acceptors (Lipinski definition) is 2. The van der Waals surface area contributed by atoms with Gasteiger partial charge in [-0.3, -0.25) is 4.98 Å². The first-order valence-corrected chi connectivity index (χ1v) is 6.81. The van der Waals surface area contributed by atoms with E-state index in [0.29, 0.717) is 6.42 Å². The van der Waals surface area contributed by atoms with Gasteiger partial charge in [0.2, 0.25) is 0 Å². The highest BCUT2D eigenvalue weighted by Gasteiger charge is 2.09. The van der Waals surface area contributed by atoms with Crippen LogP contribution in [0.25, 0.3) is 10.9 Å². The van der Waals surface area contributed by atoms with Crippen molar-refractivity contribution >= 4 is 10.9 Å². The number of benzene rings is 2. The fourth-order valence-corrected chi connectivity index (χ4v) is 2.36. The smallest absolute Gasteiger partial charge is 0.0831 e. The largest absolute Gasteiger partial charge is 0.388 e. The summed E-state index contributed by atoms with van der Waals surface area (Å²) in [5.74, 6) is 0. The first kappa shape index (κ1) is 12.8. The van der Waals surface area contributed by atoms with Crippen LogP contribution >= 0.6 is 0 Å². The topological polar surface area (TPSA) is 33.1 Å². The van der Waals surface area contributed by atoms with Crippen LogP contribution in [0.5, 0.6) is 0 Å². The highest BCUT2D eigenvalue weighted by molar-refractivity contribution is 5.78. The van der Waals surface area contributed by atoms with E-state index in [9.17, 15) is 5.11 Å². The molecule has 0 aliphatic heterocycles. The quantitative estimate of drug-likeness (QED) is 0.779. The standard InChI is InChI=1S/C18H17NO/c1-13-4-6-14(7-5-13)11-18(20)16-9-8-15-3-2-10-19-17(15)12-16/h2-10,12,18,20H,11H2,1H3. The van der Waals surface area contributed by atoms with Gasteiger partial charge in [-0.25, -0.2) is 0 Å². The molecule has 0 fully saturated rings. The van der Waals surface area contributed by atoms with Crippen LogP contribution in [-0.4, -0.2) is 10.1 Å². The molecule has 3 aromatic rings. The lowest BCUT2D eigenvalue weighted by atomic mass is 9.99. The van der Waals surface area contributed by atoms with Gasteiger partial charge in [0.05, 0.1) is 11.6 Å². The maximum atomic E-state index is 10.4. The molecule has 0 aliphatic rings. The Morgan fingerprint density at radius 2 is 1.85 bits per heavy atom. The summed E-state index contributed by atoms with van der Waals surface area (Å²) in [5, 5.41) is 11.5. The predicted octanol–water partition coefficient (Wildman–Crippen LogP) is 3.82. The molecule has 100 valence electrons. The molecular weight excluding hydrogens is 246 g/mol. The normalized spacial score (nSPS) is 12.5. The summed E-state index contributed by atoms with van der Waals surface area (Å²) >= 11 is 0. The van der Waals surface area contributed by atoms with Crippen LogP contribution in [0, 0.1) is 6.92 Å². The van der Waals surface area contributed by atoms with Gasteiger partial charge in [0, 0.05) is 18.0 Å². The molecule has 2 nitrogen and oxygen atoms in total. The second kappa shape index (κ2) is 5.43. The lowest BCUT2D eigenvalue weighted by molar-refractivity contribution is 0.178. The second-order valence-electron chi connectivity index (χ2n) is 5.16. The molecule has 1 unspecified atom stereocenters. The average Bonchev–Trinajstić information content (AvgIpc) is 2.49. The van der Waals surface area contributed by atoms with Crippen LogP contribution < -0.4 is 0 Å². The van der Waals surface area contributed by atoms with Crippen molar-refractivity contribution in [1.29, 1.82) is 0 Å². The van der Waals surface area contributed by atoms with Crippen molar-refractivity contribution in [3.05, 3.63) is 77.5 Å². The van der Waals surface area contributed by atoms with Crippen molar-refractivity contribution in [1.82, 2.24) is 4.98 Å². The number of nitrogens with zero attached hydrogens (tertiary/aromatic N) is 1. The first-order valence-electron chi connectivity index (χ1n) is 6.81. The minimum atomic E-state index is -0.496. The van der Waals surface area contributed by atoms with Gasteiger partial charge in [-0.2, -0.15) is 0 Å². The van der Waals surface area contributed by atoms with Gasteiger partial charge in [0.25, 0.3) is 0 Å². The third-order valence-corrected chi connectivity index (χ3v) is 3.56. The van der Waals surface area contributed by atoms with Gasteiger partial charge in [-0.15, -0.1) is 0 Å². The summed E-state index contributed by atoms with van der Waals surface area (Å²) in [6.07, 6.45) is 1.90.